The lowest BCUT2D eigenvalue weighted by Gasteiger charge is -2.21. The van der Waals surface area contributed by atoms with E-state index >= 15 is 0 Å². The van der Waals surface area contributed by atoms with Crippen molar-refractivity contribution in [3.8, 4) is 17.2 Å². The van der Waals surface area contributed by atoms with E-state index in [9.17, 15) is 13.2 Å². The van der Waals surface area contributed by atoms with Crippen molar-refractivity contribution in [2.45, 2.75) is 16.6 Å². The highest BCUT2D eigenvalue weighted by molar-refractivity contribution is 9.10. The lowest BCUT2D eigenvalue weighted by atomic mass is 10.0. The van der Waals surface area contributed by atoms with Crippen molar-refractivity contribution in [1.29, 1.82) is 0 Å². The normalized spacial score (nSPS) is 12.1. The predicted molar refractivity (Wildman–Crippen MR) is 126 cm³/mol. The third-order valence-corrected chi connectivity index (χ3v) is 7.69. The van der Waals surface area contributed by atoms with Crippen molar-refractivity contribution >= 4 is 31.6 Å². The number of methoxy groups -OCH3 is 3. The topological polar surface area (TPSA) is 78.9 Å². The van der Waals surface area contributed by atoms with Crippen molar-refractivity contribution in [3.63, 3.8) is 0 Å². The highest BCUT2D eigenvalue weighted by Crippen LogP contribution is 2.43. The zero-order chi connectivity index (χ0) is 23.3. The molecule has 0 bridgehead atoms. The van der Waals surface area contributed by atoms with Gasteiger partial charge < -0.3 is 14.2 Å². The van der Waals surface area contributed by atoms with E-state index in [0.29, 0.717) is 28.4 Å². The summed E-state index contributed by atoms with van der Waals surface area (Å²) in [7, 11) is 0.457. The first kappa shape index (κ1) is 23.8. The maximum absolute atomic E-state index is 13.6. The molecule has 3 aromatic carbocycles. The molecule has 1 unspecified atom stereocenters. The van der Waals surface area contributed by atoms with Gasteiger partial charge in [-0.25, -0.2) is 8.42 Å². The average molecular weight is 519 g/mol. The summed E-state index contributed by atoms with van der Waals surface area (Å²) in [5, 5.41) is -1.16. The molecule has 168 valence electrons. The maximum Gasteiger partial charge on any atom is 0.203 e. The Morgan fingerprint density at radius 3 is 1.94 bits per heavy atom. The van der Waals surface area contributed by atoms with E-state index in [-0.39, 0.29) is 17.1 Å². The number of hydrogen-bond acceptors (Lipinski definition) is 6. The molecule has 32 heavy (non-hydrogen) atoms. The van der Waals surface area contributed by atoms with Gasteiger partial charge in [-0.3, -0.25) is 4.79 Å². The van der Waals surface area contributed by atoms with Crippen LogP contribution in [0.1, 0.15) is 27.6 Å². The fraction of sp³-hybridized carbons (Fsp3) is 0.208. The quantitative estimate of drug-likeness (QED) is 0.359. The van der Waals surface area contributed by atoms with Crippen LogP contribution in [0.25, 0.3) is 0 Å². The first-order chi connectivity index (χ1) is 15.3. The fourth-order valence-corrected chi connectivity index (χ4v) is 5.38. The molecule has 0 fully saturated rings. The third kappa shape index (κ3) is 4.97. The Morgan fingerprint density at radius 2 is 1.44 bits per heavy atom. The Bertz CT molecular complexity index is 1170. The van der Waals surface area contributed by atoms with Crippen LogP contribution in [0.5, 0.6) is 17.2 Å². The summed E-state index contributed by atoms with van der Waals surface area (Å²) in [6, 6.07) is 18.0. The summed E-state index contributed by atoms with van der Waals surface area (Å²) in [4.78, 5) is 13.2. The SMILES string of the molecule is COc1cc(C(CC(=O)c2ccc(Br)cc2)S(=O)(=O)c2ccccc2)cc(OC)c1OC. The van der Waals surface area contributed by atoms with Crippen molar-refractivity contribution in [3.05, 3.63) is 82.3 Å². The van der Waals surface area contributed by atoms with E-state index < -0.39 is 15.1 Å². The Kier molecular flexibility index (Phi) is 7.58. The van der Waals surface area contributed by atoms with Gasteiger partial charge in [0.2, 0.25) is 5.75 Å². The summed E-state index contributed by atoms with van der Waals surface area (Å²) in [5.41, 5.74) is 0.794. The summed E-state index contributed by atoms with van der Waals surface area (Å²) in [5.74, 6) is 0.669. The number of carbonyl (C=O) groups excluding carboxylic acids is 1. The van der Waals surface area contributed by atoms with Crippen molar-refractivity contribution in [1.82, 2.24) is 0 Å². The van der Waals surface area contributed by atoms with Crippen molar-refractivity contribution in [2.75, 3.05) is 21.3 Å². The van der Waals surface area contributed by atoms with Gasteiger partial charge in [-0.15, -0.1) is 0 Å². The lowest BCUT2D eigenvalue weighted by molar-refractivity contribution is 0.0980. The van der Waals surface area contributed by atoms with E-state index in [1.165, 1.54) is 33.5 Å². The van der Waals surface area contributed by atoms with Crippen molar-refractivity contribution < 1.29 is 27.4 Å². The molecule has 3 aromatic rings. The maximum atomic E-state index is 13.6. The van der Waals surface area contributed by atoms with Gasteiger partial charge in [-0.05, 0) is 42.0 Å². The zero-order valence-electron chi connectivity index (χ0n) is 17.9. The molecule has 0 heterocycles. The number of hydrogen-bond donors (Lipinski definition) is 0. The highest BCUT2D eigenvalue weighted by Gasteiger charge is 2.33. The van der Waals surface area contributed by atoms with Crippen LogP contribution in [-0.2, 0) is 9.84 Å². The highest BCUT2D eigenvalue weighted by atomic mass is 79.9. The Hall–Kier alpha value is -2.84. The monoisotopic (exact) mass is 518 g/mol. The van der Waals surface area contributed by atoms with E-state index in [4.69, 9.17) is 14.2 Å². The van der Waals surface area contributed by atoms with Crippen molar-refractivity contribution in [2.24, 2.45) is 0 Å². The molecule has 0 aliphatic heterocycles. The molecule has 3 rings (SSSR count). The minimum Gasteiger partial charge on any atom is -0.493 e. The zero-order valence-corrected chi connectivity index (χ0v) is 20.3. The standard InChI is InChI=1S/C24H23BrO6S/c1-29-21-13-17(14-22(30-2)24(21)31-3)23(32(27,28)19-7-5-4-6-8-19)15-20(26)16-9-11-18(25)12-10-16/h4-14,23H,15H2,1-3H3. The molecule has 0 saturated carbocycles. The van der Waals surface area contributed by atoms with Gasteiger partial charge in [0.15, 0.2) is 27.1 Å². The third-order valence-electron chi connectivity index (χ3n) is 5.04. The summed E-state index contributed by atoms with van der Waals surface area (Å²) >= 11 is 3.34. The van der Waals surface area contributed by atoms with Crippen LogP contribution in [0.4, 0.5) is 0 Å². The Balaban J connectivity index is 2.15. The largest absolute Gasteiger partial charge is 0.493 e. The van der Waals surface area contributed by atoms with Crippen LogP contribution < -0.4 is 14.2 Å². The molecule has 0 aromatic heterocycles. The van der Waals surface area contributed by atoms with E-state index in [1.807, 2.05) is 0 Å². The molecule has 0 amide bonds. The first-order valence-electron chi connectivity index (χ1n) is 9.69. The molecule has 0 saturated heterocycles. The predicted octanol–water partition coefficient (Wildman–Crippen LogP) is 5.26. The van der Waals surface area contributed by atoms with Crippen LogP contribution in [0.15, 0.2) is 76.1 Å². The van der Waals surface area contributed by atoms with Crippen LogP contribution in [0.3, 0.4) is 0 Å². The second-order valence-corrected chi connectivity index (χ2v) is 9.99. The van der Waals surface area contributed by atoms with Gasteiger partial charge in [-0.2, -0.15) is 0 Å². The molecule has 0 aliphatic rings. The van der Waals surface area contributed by atoms with Crippen LogP contribution in [0, 0.1) is 0 Å². The minimum absolute atomic E-state index is 0.127. The van der Waals surface area contributed by atoms with Gasteiger partial charge in [-0.1, -0.05) is 46.3 Å². The minimum atomic E-state index is -3.92. The van der Waals surface area contributed by atoms with Gasteiger partial charge in [0.25, 0.3) is 0 Å². The Morgan fingerprint density at radius 1 is 0.875 bits per heavy atom. The lowest BCUT2D eigenvalue weighted by Crippen LogP contribution is -2.18. The summed E-state index contributed by atoms with van der Waals surface area (Å²) < 4.78 is 44.3. The summed E-state index contributed by atoms with van der Waals surface area (Å²) in [6.45, 7) is 0. The molecule has 0 spiro atoms. The molecule has 8 heteroatoms. The molecule has 6 nitrogen and oxygen atoms in total. The number of carbonyl (C=O) groups is 1. The fourth-order valence-electron chi connectivity index (χ4n) is 3.39. The number of sulfone groups is 1. The number of Topliss-reactive ketones (excluding diaryl/α,β-unsaturated/α-hetero) is 1. The van der Waals surface area contributed by atoms with Gasteiger partial charge in [0.1, 0.15) is 0 Å². The van der Waals surface area contributed by atoms with E-state index in [1.54, 1.807) is 54.6 Å². The summed E-state index contributed by atoms with van der Waals surface area (Å²) in [6.07, 6.45) is -0.252. The second-order valence-electron chi connectivity index (χ2n) is 6.94. The van der Waals surface area contributed by atoms with Crippen LogP contribution in [-0.4, -0.2) is 35.5 Å². The molecule has 1 atom stereocenters. The van der Waals surface area contributed by atoms with Crippen LogP contribution >= 0.6 is 15.9 Å². The second kappa shape index (κ2) is 10.2. The average Bonchev–Trinajstić information content (AvgIpc) is 2.82. The van der Waals surface area contributed by atoms with E-state index in [2.05, 4.69) is 15.9 Å². The molecule has 0 N–H and O–H groups in total. The molecule has 0 aliphatic carbocycles. The number of halogens is 1. The number of ketones is 1. The number of benzene rings is 3. The number of ether oxygens (including phenoxy) is 3. The van der Waals surface area contributed by atoms with Gasteiger partial charge in [0.05, 0.1) is 31.5 Å². The molecular weight excluding hydrogens is 496 g/mol. The van der Waals surface area contributed by atoms with Crippen LogP contribution in [0.2, 0.25) is 0 Å². The van der Waals surface area contributed by atoms with E-state index in [0.717, 1.165) is 4.47 Å². The molecular formula is C24H23BrO6S. The van der Waals surface area contributed by atoms with Gasteiger partial charge >= 0.3 is 0 Å². The van der Waals surface area contributed by atoms with Gasteiger partial charge in [0, 0.05) is 16.5 Å². The smallest absolute Gasteiger partial charge is 0.203 e. The Labute approximate surface area is 196 Å². The molecule has 0 radical (unpaired) electrons. The number of rotatable bonds is 9. The first-order valence-corrected chi connectivity index (χ1v) is 12.0.